The van der Waals surface area contributed by atoms with Crippen molar-refractivity contribution >= 4 is 5.97 Å². The van der Waals surface area contributed by atoms with E-state index in [1.54, 1.807) is 0 Å². The summed E-state index contributed by atoms with van der Waals surface area (Å²) < 4.78 is 6.10. The number of carboxylic acid groups (broad SMARTS) is 1. The summed E-state index contributed by atoms with van der Waals surface area (Å²) in [7, 11) is 0. The largest absolute Gasteiger partial charge is 0.478 e. The van der Waals surface area contributed by atoms with Crippen LogP contribution in [-0.4, -0.2) is 17.2 Å². The monoisotopic (exact) mass is 316 g/mol. The van der Waals surface area contributed by atoms with Gasteiger partial charge in [0.2, 0.25) is 0 Å². The molecule has 3 heteroatoms. The lowest BCUT2D eigenvalue weighted by Crippen LogP contribution is -2.36. The van der Waals surface area contributed by atoms with Crippen LogP contribution in [0.3, 0.4) is 0 Å². The molecule has 1 atom stereocenters. The molecular formula is C20H28O3. The molecule has 2 fully saturated rings. The Labute approximate surface area is 139 Å². The van der Waals surface area contributed by atoms with E-state index in [1.807, 2.05) is 18.2 Å². The quantitative estimate of drug-likeness (QED) is 0.817. The molecular weight excluding hydrogens is 288 g/mol. The van der Waals surface area contributed by atoms with Crippen LogP contribution < -0.4 is 4.74 Å². The number of rotatable bonds is 5. The number of carboxylic acids is 1. The first-order chi connectivity index (χ1) is 11.3. The third-order valence-corrected chi connectivity index (χ3v) is 5.54. The molecule has 0 saturated heterocycles. The zero-order valence-corrected chi connectivity index (χ0v) is 13.9. The van der Waals surface area contributed by atoms with E-state index in [1.165, 1.54) is 44.1 Å². The number of hydrogen-bond acceptors (Lipinski definition) is 2. The van der Waals surface area contributed by atoms with Crippen LogP contribution >= 0.6 is 0 Å². The molecule has 0 bridgehead atoms. The Morgan fingerprint density at radius 1 is 0.957 bits per heavy atom. The van der Waals surface area contributed by atoms with Gasteiger partial charge in [-0.25, -0.2) is 4.79 Å². The highest BCUT2D eigenvalue weighted by Gasteiger charge is 2.32. The third kappa shape index (κ3) is 4.07. The molecule has 0 aliphatic heterocycles. The average molecular weight is 316 g/mol. The van der Waals surface area contributed by atoms with Gasteiger partial charge in [-0.15, -0.1) is 0 Å². The van der Waals surface area contributed by atoms with Crippen LogP contribution in [0.15, 0.2) is 24.3 Å². The van der Waals surface area contributed by atoms with Gasteiger partial charge in [0, 0.05) is 5.92 Å². The van der Waals surface area contributed by atoms with Crippen molar-refractivity contribution in [1.29, 1.82) is 0 Å². The summed E-state index contributed by atoms with van der Waals surface area (Å²) in [5, 5.41) is 9.66. The van der Waals surface area contributed by atoms with Crippen molar-refractivity contribution in [1.82, 2.24) is 0 Å². The molecule has 0 heterocycles. The molecule has 1 N–H and O–H groups in total. The molecule has 3 rings (SSSR count). The predicted octanol–water partition coefficient (Wildman–Crippen LogP) is 5.15. The smallest absolute Gasteiger partial charge is 0.345 e. The molecule has 126 valence electrons. The maximum absolute atomic E-state index is 11.8. The molecule has 0 aromatic heterocycles. The van der Waals surface area contributed by atoms with Gasteiger partial charge in [-0.05, 0) is 43.2 Å². The summed E-state index contributed by atoms with van der Waals surface area (Å²) in [4.78, 5) is 11.8. The highest BCUT2D eigenvalue weighted by molar-refractivity contribution is 5.73. The Hall–Kier alpha value is -1.51. The summed E-state index contributed by atoms with van der Waals surface area (Å²) in [6.07, 6.45) is 11.0. The van der Waals surface area contributed by atoms with Crippen LogP contribution in [-0.2, 0) is 4.79 Å². The van der Waals surface area contributed by atoms with Gasteiger partial charge in [0.05, 0.1) is 0 Å². The fourth-order valence-corrected chi connectivity index (χ4v) is 4.26. The van der Waals surface area contributed by atoms with Crippen LogP contribution in [0.2, 0.25) is 0 Å². The van der Waals surface area contributed by atoms with Gasteiger partial charge in [-0.2, -0.15) is 0 Å². The van der Waals surface area contributed by atoms with Crippen molar-refractivity contribution in [3.8, 4) is 5.75 Å². The number of aliphatic carboxylic acids is 1. The highest BCUT2D eigenvalue weighted by Crippen LogP contribution is 2.38. The molecule has 3 nitrogen and oxygen atoms in total. The molecule has 1 aromatic carbocycles. The van der Waals surface area contributed by atoms with Crippen LogP contribution in [0.4, 0.5) is 0 Å². The topological polar surface area (TPSA) is 46.5 Å². The fraction of sp³-hybridized carbons (Fsp3) is 0.650. The lowest BCUT2D eigenvalue weighted by molar-refractivity contribution is -0.148. The molecule has 1 unspecified atom stereocenters. The molecule has 2 aliphatic carbocycles. The zero-order chi connectivity index (χ0) is 16.1. The molecule has 2 saturated carbocycles. The number of ether oxygens (including phenoxy) is 1. The normalized spacial score (nSPS) is 21.7. The number of hydrogen-bond donors (Lipinski definition) is 1. The van der Waals surface area contributed by atoms with Gasteiger partial charge in [0.1, 0.15) is 5.75 Å². The molecule has 2 aliphatic rings. The second-order valence-electron chi connectivity index (χ2n) is 7.15. The van der Waals surface area contributed by atoms with Crippen molar-refractivity contribution in [2.75, 3.05) is 0 Å². The predicted molar refractivity (Wildman–Crippen MR) is 90.9 cm³/mol. The van der Waals surface area contributed by atoms with Crippen molar-refractivity contribution < 1.29 is 14.6 Å². The van der Waals surface area contributed by atoms with Crippen molar-refractivity contribution in [2.24, 2.45) is 5.92 Å². The molecule has 0 spiro atoms. The minimum atomic E-state index is -0.810. The van der Waals surface area contributed by atoms with Crippen LogP contribution in [0.1, 0.15) is 75.7 Å². The average Bonchev–Trinajstić information content (AvgIpc) is 2.61. The van der Waals surface area contributed by atoms with Gasteiger partial charge in [0.25, 0.3) is 0 Å². The summed E-state index contributed by atoms with van der Waals surface area (Å²) >= 11 is 0. The first-order valence-corrected chi connectivity index (χ1v) is 9.24. The van der Waals surface area contributed by atoms with E-state index in [2.05, 4.69) is 6.07 Å². The number of para-hydroxylation sites is 1. The van der Waals surface area contributed by atoms with E-state index in [4.69, 9.17) is 4.74 Å². The number of benzene rings is 1. The van der Waals surface area contributed by atoms with Crippen LogP contribution in [0.5, 0.6) is 5.75 Å². The van der Waals surface area contributed by atoms with Crippen LogP contribution in [0, 0.1) is 5.92 Å². The zero-order valence-electron chi connectivity index (χ0n) is 13.9. The van der Waals surface area contributed by atoms with Crippen molar-refractivity contribution in [3.63, 3.8) is 0 Å². The second kappa shape index (κ2) is 7.85. The standard InChI is InChI=1S/C20H28O3/c21-20(22)19(16-11-5-2-6-12-16)23-18-14-8-7-13-17(18)15-9-3-1-4-10-15/h7-8,13-16,19H,1-6,9-12H2,(H,21,22). The maximum Gasteiger partial charge on any atom is 0.345 e. The minimum absolute atomic E-state index is 0.153. The van der Waals surface area contributed by atoms with E-state index in [0.29, 0.717) is 5.92 Å². The lowest BCUT2D eigenvalue weighted by Gasteiger charge is -2.30. The molecule has 0 radical (unpaired) electrons. The first kappa shape index (κ1) is 16.4. The van der Waals surface area contributed by atoms with E-state index >= 15 is 0 Å². The Kier molecular flexibility index (Phi) is 5.58. The summed E-state index contributed by atoms with van der Waals surface area (Å²) in [6, 6.07) is 8.10. The maximum atomic E-state index is 11.8. The van der Waals surface area contributed by atoms with Crippen molar-refractivity contribution in [2.45, 2.75) is 76.2 Å². The molecule has 1 aromatic rings. The first-order valence-electron chi connectivity index (χ1n) is 9.24. The van der Waals surface area contributed by atoms with E-state index in [9.17, 15) is 9.90 Å². The summed E-state index contributed by atoms with van der Waals surface area (Å²) in [5.41, 5.74) is 1.22. The second-order valence-corrected chi connectivity index (χ2v) is 7.15. The van der Waals surface area contributed by atoms with Gasteiger partial charge < -0.3 is 9.84 Å². The SMILES string of the molecule is O=C(O)C(Oc1ccccc1C1CCCCC1)C1CCCCC1. The van der Waals surface area contributed by atoms with Gasteiger partial charge in [-0.1, -0.05) is 56.7 Å². The Morgan fingerprint density at radius 2 is 1.57 bits per heavy atom. The van der Waals surface area contributed by atoms with Crippen molar-refractivity contribution in [3.05, 3.63) is 29.8 Å². The fourth-order valence-electron chi connectivity index (χ4n) is 4.26. The minimum Gasteiger partial charge on any atom is -0.478 e. The van der Waals surface area contributed by atoms with Crippen LogP contribution in [0.25, 0.3) is 0 Å². The Balaban J connectivity index is 1.78. The third-order valence-electron chi connectivity index (χ3n) is 5.54. The highest BCUT2D eigenvalue weighted by atomic mass is 16.5. The van der Waals surface area contributed by atoms with E-state index < -0.39 is 12.1 Å². The van der Waals surface area contributed by atoms with Gasteiger partial charge in [-0.3, -0.25) is 0 Å². The lowest BCUT2D eigenvalue weighted by atomic mass is 9.83. The molecule has 23 heavy (non-hydrogen) atoms. The Morgan fingerprint density at radius 3 is 2.22 bits per heavy atom. The molecule has 0 amide bonds. The van der Waals surface area contributed by atoms with E-state index in [0.717, 1.165) is 31.4 Å². The van der Waals surface area contributed by atoms with E-state index in [-0.39, 0.29) is 5.92 Å². The summed E-state index contributed by atoms with van der Waals surface area (Å²) in [5.74, 6) is 0.675. The van der Waals surface area contributed by atoms with Gasteiger partial charge in [0.15, 0.2) is 6.10 Å². The summed E-state index contributed by atoms with van der Waals surface area (Å²) in [6.45, 7) is 0. The Bertz CT molecular complexity index is 513. The number of carbonyl (C=O) groups is 1. The van der Waals surface area contributed by atoms with Gasteiger partial charge >= 0.3 is 5.97 Å².